The van der Waals surface area contributed by atoms with E-state index in [9.17, 15) is 13.2 Å². The zero-order valence-corrected chi connectivity index (χ0v) is 9.18. The number of hydrogen-bond acceptors (Lipinski definition) is 3. The highest BCUT2D eigenvalue weighted by Gasteiger charge is 2.10. The second-order valence-corrected chi connectivity index (χ2v) is 5.52. The highest BCUT2D eigenvalue weighted by atomic mass is 32.2. The van der Waals surface area contributed by atoms with Crippen molar-refractivity contribution in [3.63, 3.8) is 0 Å². The van der Waals surface area contributed by atoms with Crippen molar-refractivity contribution in [2.24, 2.45) is 0 Å². The van der Waals surface area contributed by atoms with E-state index in [1.165, 1.54) is 6.07 Å². The fourth-order valence-corrected chi connectivity index (χ4v) is 1.73. The predicted octanol–water partition coefficient (Wildman–Crippen LogP) is 0.902. The van der Waals surface area contributed by atoms with Crippen LogP contribution in [-0.4, -0.2) is 19.7 Å². The third-order valence-electron chi connectivity index (χ3n) is 1.93. The second-order valence-electron chi connectivity index (χ2n) is 3.53. The molecule has 1 N–H and O–H groups in total. The Balaban J connectivity index is 3.35. The molecule has 0 saturated carbocycles. The van der Waals surface area contributed by atoms with E-state index in [0.717, 1.165) is 6.26 Å². The van der Waals surface area contributed by atoms with Crippen molar-refractivity contribution in [2.75, 3.05) is 6.26 Å². The van der Waals surface area contributed by atoms with Crippen LogP contribution in [0.2, 0.25) is 0 Å². The summed E-state index contributed by atoms with van der Waals surface area (Å²) >= 11 is 0. The van der Waals surface area contributed by atoms with Gasteiger partial charge >= 0.3 is 0 Å². The summed E-state index contributed by atoms with van der Waals surface area (Å²) in [4.78, 5) is 13.8. The second kappa shape index (κ2) is 3.57. The monoisotopic (exact) mass is 215 g/mol. The van der Waals surface area contributed by atoms with Gasteiger partial charge in [0, 0.05) is 11.8 Å². The Labute approximate surface area is 82.9 Å². The highest BCUT2D eigenvalue weighted by molar-refractivity contribution is 7.90. The van der Waals surface area contributed by atoms with Crippen LogP contribution in [0.15, 0.2) is 22.0 Å². The van der Waals surface area contributed by atoms with Crippen molar-refractivity contribution < 1.29 is 8.42 Å². The van der Waals surface area contributed by atoms with Gasteiger partial charge in [-0.2, -0.15) is 0 Å². The van der Waals surface area contributed by atoms with E-state index in [4.69, 9.17) is 0 Å². The van der Waals surface area contributed by atoms with Gasteiger partial charge < -0.3 is 4.98 Å². The van der Waals surface area contributed by atoms with Gasteiger partial charge in [-0.1, -0.05) is 19.9 Å². The molecule has 0 amide bonds. The lowest BCUT2D eigenvalue weighted by atomic mass is 10.1. The Kier molecular flexibility index (Phi) is 2.80. The van der Waals surface area contributed by atoms with Gasteiger partial charge in [0.25, 0.3) is 5.56 Å². The Hall–Kier alpha value is -1.10. The lowest BCUT2D eigenvalue weighted by Crippen LogP contribution is -2.17. The molecule has 0 aliphatic rings. The largest absolute Gasteiger partial charge is 0.313 e. The Morgan fingerprint density at radius 1 is 1.29 bits per heavy atom. The van der Waals surface area contributed by atoms with Crippen molar-refractivity contribution >= 4 is 9.84 Å². The van der Waals surface area contributed by atoms with E-state index < -0.39 is 9.84 Å². The molecule has 0 unspecified atom stereocenters. The van der Waals surface area contributed by atoms with Crippen LogP contribution < -0.4 is 5.56 Å². The number of rotatable bonds is 2. The summed E-state index contributed by atoms with van der Waals surface area (Å²) in [6, 6.07) is 2.98. The Bertz CT molecular complexity index is 485. The van der Waals surface area contributed by atoms with E-state index in [1.54, 1.807) is 6.07 Å². The third kappa shape index (κ3) is 2.23. The van der Waals surface area contributed by atoms with Crippen molar-refractivity contribution in [3.05, 3.63) is 28.0 Å². The fourth-order valence-electron chi connectivity index (χ4n) is 1.14. The van der Waals surface area contributed by atoms with Crippen LogP contribution >= 0.6 is 0 Å². The predicted molar refractivity (Wildman–Crippen MR) is 54.3 cm³/mol. The van der Waals surface area contributed by atoms with Gasteiger partial charge in [0.1, 0.15) is 5.03 Å². The van der Waals surface area contributed by atoms with E-state index in [0.29, 0.717) is 5.56 Å². The van der Waals surface area contributed by atoms with E-state index in [-0.39, 0.29) is 16.5 Å². The first kappa shape index (κ1) is 11.0. The molecule has 0 aromatic carbocycles. The number of sulfone groups is 1. The number of H-pyrrole nitrogens is 1. The molecule has 0 aliphatic heterocycles. The average Bonchev–Trinajstić information content (AvgIpc) is 2.01. The van der Waals surface area contributed by atoms with Gasteiger partial charge in [-0.05, 0) is 12.0 Å². The fraction of sp³-hybridized carbons (Fsp3) is 0.444. The zero-order chi connectivity index (χ0) is 10.9. The minimum atomic E-state index is -3.32. The number of pyridine rings is 1. The zero-order valence-electron chi connectivity index (χ0n) is 8.37. The number of hydrogen-bond donors (Lipinski definition) is 1. The molecule has 1 aromatic rings. The quantitative estimate of drug-likeness (QED) is 0.797. The first-order valence-corrected chi connectivity index (χ1v) is 6.15. The van der Waals surface area contributed by atoms with Crippen LogP contribution in [0.4, 0.5) is 0 Å². The molecule has 1 aromatic heterocycles. The summed E-state index contributed by atoms with van der Waals surface area (Å²) in [6.07, 6.45) is 1.06. The van der Waals surface area contributed by atoms with Gasteiger partial charge in [-0.15, -0.1) is 0 Å². The molecule has 5 heteroatoms. The van der Waals surface area contributed by atoms with Crippen molar-refractivity contribution in [1.82, 2.24) is 4.98 Å². The maximum atomic E-state index is 11.4. The first-order valence-electron chi connectivity index (χ1n) is 4.25. The molecule has 0 radical (unpaired) electrons. The maximum absolute atomic E-state index is 11.4. The molecule has 0 fully saturated rings. The first-order chi connectivity index (χ1) is 6.32. The van der Waals surface area contributed by atoms with E-state index in [2.05, 4.69) is 4.98 Å². The Morgan fingerprint density at radius 2 is 1.86 bits per heavy atom. The lowest BCUT2D eigenvalue weighted by Gasteiger charge is -2.04. The van der Waals surface area contributed by atoms with Gasteiger partial charge in [-0.25, -0.2) is 8.42 Å². The summed E-state index contributed by atoms with van der Waals surface area (Å²) in [7, 11) is -3.32. The van der Waals surface area contributed by atoms with Crippen LogP contribution in [0.3, 0.4) is 0 Å². The van der Waals surface area contributed by atoms with E-state index in [1.807, 2.05) is 13.8 Å². The smallest absolute Gasteiger partial charge is 0.252 e. The summed E-state index contributed by atoms with van der Waals surface area (Å²) in [5, 5.41) is -0.0353. The van der Waals surface area contributed by atoms with Crippen molar-refractivity contribution in [1.29, 1.82) is 0 Å². The highest BCUT2D eigenvalue weighted by Crippen LogP contribution is 2.10. The van der Waals surface area contributed by atoms with Crippen molar-refractivity contribution in [2.45, 2.75) is 24.8 Å². The molecule has 0 saturated heterocycles. The van der Waals surface area contributed by atoms with Crippen LogP contribution in [0.25, 0.3) is 0 Å². The molecule has 0 atom stereocenters. The molecular formula is C9H13NO3S. The lowest BCUT2D eigenvalue weighted by molar-refractivity contribution is 0.597. The van der Waals surface area contributed by atoms with Crippen LogP contribution in [0, 0.1) is 0 Å². The minimum absolute atomic E-state index is 0.0353. The molecule has 4 nitrogen and oxygen atoms in total. The SMILES string of the molecule is CC(C)c1ccc(S(C)(=O)=O)[nH]c1=O. The van der Waals surface area contributed by atoms with Crippen molar-refractivity contribution in [3.8, 4) is 0 Å². The maximum Gasteiger partial charge on any atom is 0.252 e. The molecule has 0 aliphatic carbocycles. The van der Waals surface area contributed by atoms with Gasteiger partial charge in [-0.3, -0.25) is 4.79 Å². The van der Waals surface area contributed by atoms with Crippen LogP contribution in [0.5, 0.6) is 0 Å². The summed E-state index contributed by atoms with van der Waals surface area (Å²) in [5.74, 6) is 0.0901. The number of aromatic amines is 1. The minimum Gasteiger partial charge on any atom is -0.313 e. The standard InChI is InChI=1S/C9H13NO3S/c1-6(2)7-4-5-8(10-9(7)11)14(3,12)13/h4-6H,1-3H3,(H,10,11). The molecular weight excluding hydrogens is 202 g/mol. The number of aromatic nitrogens is 1. The molecule has 0 bridgehead atoms. The molecule has 0 spiro atoms. The van der Waals surface area contributed by atoms with Crippen LogP contribution in [0.1, 0.15) is 25.3 Å². The molecule has 78 valence electrons. The average molecular weight is 215 g/mol. The van der Waals surface area contributed by atoms with E-state index >= 15 is 0 Å². The van der Waals surface area contributed by atoms with Gasteiger partial charge in [0.15, 0.2) is 9.84 Å². The summed E-state index contributed by atoms with van der Waals surface area (Å²) in [5.41, 5.74) is 0.264. The summed E-state index contributed by atoms with van der Waals surface area (Å²) < 4.78 is 22.2. The third-order valence-corrected chi connectivity index (χ3v) is 2.97. The van der Waals surface area contributed by atoms with Gasteiger partial charge in [0.05, 0.1) is 0 Å². The topological polar surface area (TPSA) is 67.0 Å². The normalized spacial score (nSPS) is 12.0. The number of nitrogens with one attached hydrogen (secondary N) is 1. The molecule has 1 rings (SSSR count). The van der Waals surface area contributed by atoms with Gasteiger partial charge in [0.2, 0.25) is 0 Å². The summed E-state index contributed by atoms with van der Waals surface area (Å²) in [6.45, 7) is 3.76. The van der Waals surface area contributed by atoms with Crippen LogP contribution in [-0.2, 0) is 9.84 Å². The molecule has 14 heavy (non-hydrogen) atoms. The molecule has 1 heterocycles. The Morgan fingerprint density at radius 3 is 2.21 bits per heavy atom.